The van der Waals surface area contributed by atoms with E-state index in [4.69, 9.17) is 10.2 Å². The Balaban J connectivity index is 2.31. The Morgan fingerprint density at radius 3 is 2.38 bits per heavy atom. The lowest BCUT2D eigenvalue weighted by Crippen LogP contribution is -2.02. The van der Waals surface area contributed by atoms with Gasteiger partial charge in [-0.3, -0.25) is 4.79 Å². The maximum Gasteiger partial charge on any atom is 0.193 e. The Morgan fingerprint density at radius 1 is 0.952 bits per heavy atom. The summed E-state index contributed by atoms with van der Waals surface area (Å²) in [6, 6.07) is 11.0. The van der Waals surface area contributed by atoms with Crippen molar-refractivity contribution in [2.75, 3.05) is 5.73 Å². The molecule has 0 aliphatic carbocycles. The van der Waals surface area contributed by atoms with Gasteiger partial charge in [0.15, 0.2) is 5.43 Å². The van der Waals surface area contributed by atoms with Gasteiger partial charge in [-0.05, 0) is 49.6 Å². The fraction of sp³-hybridized carbons (Fsp3) is 0.167. The SMILES string of the molecule is Cc1ccc(-c2cc(=O)c3ccc(C)c(C)c3o2)cc1N. The van der Waals surface area contributed by atoms with Crippen LogP contribution in [-0.4, -0.2) is 0 Å². The zero-order chi connectivity index (χ0) is 15.1. The highest BCUT2D eigenvalue weighted by Gasteiger charge is 2.10. The molecule has 3 aromatic rings. The zero-order valence-corrected chi connectivity index (χ0v) is 12.4. The van der Waals surface area contributed by atoms with Gasteiger partial charge in [0.1, 0.15) is 11.3 Å². The smallest absolute Gasteiger partial charge is 0.193 e. The fourth-order valence-corrected chi connectivity index (χ4v) is 2.39. The highest BCUT2D eigenvalue weighted by Crippen LogP contribution is 2.27. The van der Waals surface area contributed by atoms with E-state index in [1.165, 1.54) is 6.07 Å². The Morgan fingerprint density at radius 2 is 1.67 bits per heavy atom. The molecule has 3 heteroatoms. The van der Waals surface area contributed by atoms with Crippen molar-refractivity contribution in [3.8, 4) is 11.3 Å². The number of anilines is 1. The lowest BCUT2D eigenvalue weighted by molar-refractivity contribution is 0.615. The molecule has 3 nitrogen and oxygen atoms in total. The predicted octanol–water partition coefficient (Wildman–Crippen LogP) is 3.97. The van der Waals surface area contributed by atoms with Crippen molar-refractivity contribution in [1.82, 2.24) is 0 Å². The van der Waals surface area contributed by atoms with Crippen molar-refractivity contribution < 1.29 is 4.42 Å². The number of nitrogen functional groups attached to an aromatic ring is 1. The second kappa shape index (κ2) is 4.77. The number of benzene rings is 2. The van der Waals surface area contributed by atoms with E-state index in [0.29, 0.717) is 22.4 Å². The molecular formula is C18H17NO2. The summed E-state index contributed by atoms with van der Waals surface area (Å²) in [6.07, 6.45) is 0. The zero-order valence-electron chi connectivity index (χ0n) is 12.4. The van der Waals surface area contributed by atoms with Crippen LogP contribution in [0, 0.1) is 20.8 Å². The van der Waals surface area contributed by atoms with Gasteiger partial charge >= 0.3 is 0 Å². The molecule has 3 rings (SSSR count). The summed E-state index contributed by atoms with van der Waals surface area (Å²) in [5.41, 5.74) is 11.2. The molecule has 0 aliphatic heterocycles. The molecule has 0 aliphatic rings. The molecule has 0 amide bonds. The number of nitrogens with two attached hydrogens (primary N) is 1. The summed E-state index contributed by atoms with van der Waals surface area (Å²) in [5, 5.41) is 0.613. The third kappa shape index (κ3) is 2.21. The molecule has 0 saturated carbocycles. The van der Waals surface area contributed by atoms with E-state index in [0.717, 1.165) is 22.3 Å². The van der Waals surface area contributed by atoms with Crippen LogP contribution in [0.15, 0.2) is 45.6 Å². The maximum atomic E-state index is 12.3. The standard InChI is InChI=1S/C18H17NO2/c1-10-5-7-14-16(20)9-17(21-18(14)12(10)3)13-6-4-11(2)15(19)8-13/h4-9H,19H2,1-3H3. The van der Waals surface area contributed by atoms with E-state index in [-0.39, 0.29) is 5.43 Å². The molecule has 1 aromatic heterocycles. The van der Waals surface area contributed by atoms with Crippen LogP contribution in [0.3, 0.4) is 0 Å². The molecule has 106 valence electrons. The van der Waals surface area contributed by atoms with Crippen molar-refractivity contribution in [3.63, 3.8) is 0 Å². The van der Waals surface area contributed by atoms with Gasteiger partial charge in [0.2, 0.25) is 0 Å². The Hall–Kier alpha value is -2.55. The molecule has 0 atom stereocenters. The third-order valence-electron chi connectivity index (χ3n) is 3.98. The van der Waals surface area contributed by atoms with E-state index in [9.17, 15) is 4.79 Å². The van der Waals surface area contributed by atoms with Crippen LogP contribution in [0.4, 0.5) is 5.69 Å². The van der Waals surface area contributed by atoms with Gasteiger partial charge in [-0.1, -0.05) is 18.2 Å². The summed E-state index contributed by atoms with van der Waals surface area (Å²) in [5.74, 6) is 0.549. The number of hydrogen-bond donors (Lipinski definition) is 1. The molecule has 1 heterocycles. The van der Waals surface area contributed by atoms with Gasteiger partial charge in [-0.2, -0.15) is 0 Å². The first-order valence-corrected chi connectivity index (χ1v) is 6.88. The molecule has 0 bridgehead atoms. The van der Waals surface area contributed by atoms with Gasteiger partial charge in [0.25, 0.3) is 0 Å². The number of hydrogen-bond acceptors (Lipinski definition) is 3. The highest BCUT2D eigenvalue weighted by molar-refractivity contribution is 5.82. The van der Waals surface area contributed by atoms with Crippen molar-refractivity contribution in [3.05, 3.63) is 63.3 Å². The molecule has 0 fully saturated rings. The Labute approximate surface area is 123 Å². The largest absolute Gasteiger partial charge is 0.456 e. The summed E-state index contributed by atoms with van der Waals surface area (Å²) in [7, 11) is 0. The number of fused-ring (bicyclic) bond motifs is 1. The second-order valence-electron chi connectivity index (χ2n) is 5.43. The summed E-state index contributed by atoms with van der Waals surface area (Å²) < 4.78 is 5.98. The average molecular weight is 279 g/mol. The number of rotatable bonds is 1. The first-order chi connectivity index (χ1) is 9.97. The molecule has 0 unspecified atom stereocenters. The van der Waals surface area contributed by atoms with Gasteiger partial charge in [0, 0.05) is 17.3 Å². The topological polar surface area (TPSA) is 56.2 Å². The van der Waals surface area contributed by atoms with Gasteiger partial charge in [0.05, 0.1) is 5.39 Å². The minimum Gasteiger partial charge on any atom is -0.456 e. The molecule has 21 heavy (non-hydrogen) atoms. The van der Waals surface area contributed by atoms with Crippen molar-refractivity contribution in [2.24, 2.45) is 0 Å². The minimum atomic E-state index is -0.0338. The molecule has 0 spiro atoms. The summed E-state index contributed by atoms with van der Waals surface area (Å²) in [6.45, 7) is 5.92. The molecule has 2 N–H and O–H groups in total. The van der Waals surface area contributed by atoms with Crippen LogP contribution in [0.5, 0.6) is 0 Å². The fourth-order valence-electron chi connectivity index (χ4n) is 2.39. The van der Waals surface area contributed by atoms with Crippen LogP contribution in [0.1, 0.15) is 16.7 Å². The van der Waals surface area contributed by atoms with E-state index >= 15 is 0 Å². The van der Waals surface area contributed by atoms with E-state index < -0.39 is 0 Å². The first kappa shape index (κ1) is 13.4. The van der Waals surface area contributed by atoms with E-state index in [1.54, 1.807) is 0 Å². The lowest BCUT2D eigenvalue weighted by atomic mass is 10.0. The Kier molecular flexibility index (Phi) is 3.05. The van der Waals surface area contributed by atoms with Crippen LogP contribution in [-0.2, 0) is 0 Å². The van der Waals surface area contributed by atoms with Crippen molar-refractivity contribution >= 4 is 16.7 Å². The van der Waals surface area contributed by atoms with Crippen LogP contribution in [0.2, 0.25) is 0 Å². The molecular weight excluding hydrogens is 262 g/mol. The second-order valence-corrected chi connectivity index (χ2v) is 5.43. The van der Waals surface area contributed by atoms with Crippen LogP contribution in [0.25, 0.3) is 22.3 Å². The van der Waals surface area contributed by atoms with Crippen LogP contribution < -0.4 is 11.2 Å². The van der Waals surface area contributed by atoms with E-state index in [1.807, 2.05) is 51.1 Å². The highest BCUT2D eigenvalue weighted by atomic mass is 16.3. The minimum absolute atomic E-state index is 0.0338. The Bertz CT molecular complexity index is 907. The van der Waals surface area contributed by atoms with Gasteiger partial charge < -0.3 is 10.2 Å². The number of aryl methyl sites for hydroxylation is 3. The third-order valence-corrected chi connectivity index (χ3v) is 3.98. The normalized spacial score (nSPS) is 11.0. The molecule has 2 aromatic carbocycles. The predicted molar refractivity (Wildman–Crippen MR) is 86.5 cm³/mol. The van der Waals surface area contributed by atoms with Gasteiger partial charge in [-0.15, -0.1) is 0 Å². The quantitative estimate of drug-likeness (QED) is 0.686. The molecule has 0 radical (unpaired) electrons. The summed E-state index contributed by atoms with van der Waals surface area (Å²) >= 11 is 0. The monoisotopic (exact) mass is 279 g/mol. The lowest BCUT2D eigenvalue weighted by Gasteiger charge is -2.08. The van der Waals surface area contributed by atoms with E-state index in [2.05, 4.69) is 0 Å². The molecule has 0 saturated heterocycles. The van der Waals surface area contributed by atoms with Crippen molar-refractivity contribution in [1.29, 1.82) is 0 Å². The van der Waals surface area contributed by atoms with Crippen LogP contribution >= 0.6 is 0 Å². The first-order valence-electron chi connectivity index (χ1n) is 6.88. The van der Waals surface area contributed by atoms with Crippen molar-refractivity contribution in [2.45, 2.75) is 20.8 Å². The summed E-state index contributed by atoms with van der Waals surface area (Å²) in [4.78, 5) is 12.3. The average Bonchev–Trinajstić information content (AvgIpc) is 2.46. The maximum absolute atomic E-state index is 12.3. The van der Waals surface area contributed by atoms with Gasteiger partial charge in [-0.25, -0.2) is 0 Å².